The summed E-state index contributed by atoms with van der Waals surface area (Å²) in [4.78, 5) is 7.74. The van der Waals surface area contributed by atoms with Gasteiger partial charge < -0.3 is 4.98 Å². The van der Waals surface area contributed by atoms with Gasteiger partial charge in [-0.2, -0.15) is 0 Å². The highest BCUT2D eigenvalue weighted by atomic mass is 79.9. The van der Waals surface area contributed by atoms with Crippen LogP contribution in [0.4, 0.5) is 0 Å². The Labute approximate surface area is 121 Å². The zero-order valence-corrected chi connectivity index (χ0v) is 12.8. The molecule has 0 amide bonds. The van der Waals surface area contributed by atoms with Gasteiger partial charge in [0.05, 0.1) is 0 Å². The summed E-state index contributed by atoms with van der Waals surface area (Å²) in [6.07, 6.45) is 0.982. The van der Waals surface area contributed by atoms with E-state index in [2.05, 4.69) is 39.7 Å². The predicted octanol–water partition coefficient (Wildman–Crippen LogP) is 4.77. The first-order valence-electron chi connectivity index (χ1n) is 5.91. The number of nitrogens with zero attached hydrogens (tertiary/aromatic N) is 1. The Morgan fingerprint density at radius 1 is 1.28 bits per heavy atom. The SMILES string of the molecule is CC(C)Cc1cc(=S)nc(-c2ccc(Br)cc2)[nH]1. The fourth-order valence-corrected chi connectivity index (χ4v) is 2.30. The van der Waals surface area contributed by atoms with E-state index in [-0.39, 0.29) is 0 Å². The van der Waals surface area contributed by atoms with Crippen molar-refractivity contribution in [2.75, 3.05) is 0 Å². The largest absolute Gasteiger partial charge is 0.343 e. The second kappa shape index (κ2) is 5.76. The van der Waals surface area contributed by atoms with Gasteiger partial charge in [-0.15, -0.1) is 0 Å². The van der Waals surface area contributed by atoms with E-state index in [1.54, 1.807) is 0 Å². The van der Waals surface area contributed by atoms with Crippen LogP contribution in [0.5, 0.6) is 0 Å². The molecule has 0 aliphatic carbocycles. The van der Waals surface area contributed by atoms with Crippen molar-refractivity contribution in [1.29, 1.82) is 0 Å². The quantitative estimate of drug-likeness (QED) is 0.825. The van der Waals surface area contributed by atoms with Gasteiger partial charge in [0, 0.05) is 15.7 Å². The molecule has 4 heteroatoms. The summed E-state index contributed by atoms with van der Waals surface area (Å²) in [6.45, 7) is 4.38. The summed E-state index contributed by atoms with van der Waals surface area (Å²) in [5.41, 5.74) is 2.19. The van der Waals surface area contributed by atoms with Gasteiger partial charge in [-0.05, 0) is 30.5 Å². The molecule has 1 heterocycles. The summed E-state index contributed by atoms with van der Waals surface area (Å²) in [7, 11) is 0. The number of nitrogens with one attached hydrogen (secondary N) is 1. The molecule has 2 aromatic rings. The molecular weight excluding hydrogens is 308 g/mol. The fourth-order valence-electron chi connectivity index (χ4n) is 1.80. The minimum absolute atomic E-state index is 0.593. The number of aromatic nitrogens is 2. The summed E-state index contributed by atoms with van der Waals surface area (Å²) in [5.74, 6) is 1.43. The van der Waals surface area contributed by atoms with E-state index in [9.17, 15) is 0 Å². The summed E-state index contributed by atoms with van der Waals surface area (Å²) in [5, 5.41) is 0. The Morgan fingerprint density at radius 3 is 2.56 bits per heavy atom. The Bertz CT molecular complexity index is 587. The predicted molar refractivity (Wildman–Crippen MR) is 81.1 cm³/mol. The lowest BCUT2D eigenvalue weighted by molar-refractivity contribution is 0.634. The maximum absolute atomic E-state index is 5.23. The topological polar surface area (TPSA) is 28.7 Å². The Balaban J connectivity index is 2.41. The molecule has 0 aliphatic heterocycles. The van der Waals surface area contributed by atoms with Gasteiger partial charge in [-0.1, -0.05) is 54.1 Å². The number of rotatable bonds is 3. The van der Waals surface area contributed by atoms with Crippen molar-refractivity contribution in [2.45, 2.75) is 20.3 Å². The normalized spacial score (nSPS) is 10.9. The molecule has 0 bridgehead atoms. The van der Waals surface area contributed by atoms with Crippen LogP contribution in [0.2, 0.25) is 0 Å². The lowest BCUT2D eigenvalue weighted by Crippen LogP contribution is -2.00. The van der Waals surface area contributed by atoms with E-state index in [0.29, 0.717) is 10.6 Å². The minimum atomic E-state index is 0.593. The molecule has 0 saturated heterocycles. The van der Waals surface area contributed by atoms with Crippen molar-refractivity contribution in [3.8, 4) is 11.4 Å². The van der Waals surface area contributed by atoms with Crippen molar-refractivity contribution in [3.63, 3.8) is 0 Å². The third kappa shape index (κ3) is 3.50. The van der Waals surface area contributed by atoms with Crippen molar-refractivity contribution in [1.82, 2.24) is 9.97 Å². The van der Waals surface area contributed by atoms with Gasteiger partial charge >= 0.3 is 0 Å². The molecule has 94 valence electrons. The molecule has 2 nitrogen and oxygen atoms in total. The van der Waals surface area contributed by atoms with Crippen molar-refractivity contribution in [3.05, 3.63) is 45.1 Å². The van der Waals surface area contributed by atoms with Crippen LogP contribution in [0.3, 0.4) is 0 Å². The van der Waals surface area contributed by atoms with Crippen LogP contribution >= 0.6 is 28.1 Å². The zero-order chi connectivity index (χ0) is 13.1. The first-order chi connectivity index (χ1) is 8.54. The van der Waals surface area contributed by atoms with Gasteiger partial charge in [0.2, 0.25) is 0 Å². The van der Waals surface area contributed by atoms with E-state index in [1.165, 1.54) is 0 Å². The summed E-state index contributed by atoms with van der Waals surface area (Å²) >= 11 is 8.65. The van der Waals surface area contributed by atoms with Crippen LogP contribution in [-0.2, 0) is 6.42 Å². The second-order valence-corrected chi connectivity index (χ2v) is 6.03. The number of benzene rings is 1. The molecule has 1 N–H and O–H groups in total. The van der Waals surface area contributed by atoms with Gasteiger partial charge in [0.25, 0.3) is 0 Å². The maximum Gasteiger partial charge on any atom is 0.139 e. The zero-order valence-electron chi connectivity index (χ0n) is 10.4. The molecule has 1 aromatic heterocycles. The van der Waals surface area contributed by atoms with E-state index >= 15 is 0 Å². The minimum Gasteiger partial charge on any atom is -0.343 e. The highest BCUT2D eigenvalue weighted by Gasteiger charge is 2.04. The van der Waals surface area contributed by atoms with Gasteiger partial charge in [-0.25, -0.2) is 4.98 Å². The highest BCUT2D eigenvalue weighted by molar-refractivity contribution is 9.10. The molecule has 18 heavy (non-hydrogen) atoms. The van der Waals surface area contributed by atoms with Crippen LogP contribution in [0.25, 0.3) is 11.4 Å². The number of hydrogen-bond acceptors (Lipinski definition) is 2. The third-order valence-corrected chi connectivity index (χ3v) is 3.28. The monoisotopic (exact) mass is 322 g/mol. The fraction of sp³-hybridized carbons (Fsp3) is 0.286. The standard InChI is InChI=1S/C14H15BrN2S/c1-9(2)7-12-8-13(18)17-14(16-12)10-3-5-11(15)6-4-10/h3-6,8-9H,7H2,1-2H3,(H,16,17,18). The van der Waals surface area contributed by atoms with Crippen LogP contribution in [0.1, 0.15) is 19.5 Å². The smallest absolute Gasteiger partial charge is 0.139 e. The van der Waals surface area contributed by atoms with E-state index in [4.69, 9.17) is 12.2 Å². The average Bonchev–Trinajstić information content (AvgIpc) is 2.28. The molecule has 1 aromatic carbocycles. The van der Waals surface area contributed by atoms with Crippen molar-refractivity contribution >= 4 is 28.1 Å². The van der Waals surface area contributed by atoms with Crippen LogP contribution in [0, 0.1) is 10.6 Å². The maximum atomic E-state index is 5.23. The molecule has 0 spiro atoms. The second-order valence-electron chi connectivity index (χ2n) is 4.70. The molecule has 0 unspecified atom stereocenters. The Kier molecular flexibility index (Phi) is 4.30. The molecule has 0 fully saturated rings. The number of aromatic amines is 1. The van der Waals surface area contributed by atoms with Crippen LogP contribution in [-0.4, -0.2) is 9.97 Å². The molecule has 0 atom stereocenters. The molecular formula is C14H15BrN2S. The average molecular weight is 323 g/mol. The first kappa shape index (κ1) is 13.4. The Hall–Kier alpha value is -1.00. The third-order valence-electron chi connectivity index (χ3n) is 2.54. The highest BCUT2D eigenvalue weighted by Crippen LogP contribution is 2.19. The molecule has 2 rings (SSSR count). The molecule has 0 aliphatic rings. The lowest BCUT2D eigenvalue weighted by Gasteiger charge is -2.08. The van der Waals surface area contributed by atoms with Crippen LogP contribution in [0.15, 0.2) is 34.8 Å². The van der Waals surface area contributed by atoms with E-state index in [1.807, 2.05) is 30.3 Å². The van der Waals surface area contributed by atoms with E-state index in [0.717, 1.165) is 28.0 Å². The summed E-state index contributed by atoms with van der Waals surface area (Å²) < 4.78 is 1.70. The van der Waals surface area contributed by atoms with Gasteiger partial charge in [0.15, 0.2) is 0 Å². The first-order valence-corrected chi connectivity index (χ1v) is 7.11. The molecule has 0 radical (unpaired) electrons. The Morgan fingerprint density at radius 2 is 1.94 bits per heavy atom. The lowest BCUT2D eigenvalue weighted by atomic mass is 10.1. The number of halogens is 1. The molecule has 0 saturated carbocycles. The van der Waals surface area contributed by atoms with Crippen LogP contribution < -0.4 is 0 Å². The number of H-pyrrole nitrogens is 1. The van der Waals surface area contributed by atoms with E-state index < -0.39 is 0 Å². The van der Waals surface area contributed by atoms with Gasteiger partial charge in [-0.3, -0.25) is 0 Å². The summed E-state index contributed by atoms with van der Waals surface area (Å²) in [6, 6.07) is 10.00. The van der Waals surface area contributed by atoms with Crippen molar-refractivity contribution < 1.29 is 0 Å². The number of hydrogen-bond donors (Lipinski definition) is 1. The van der Waals surface area contributed by atoms with Gasteiger partial charge in [0.1, 0.15) is 10.5 Å². The van der Waals surface area contributed by atoms with Crippen molar-refractivity contribution in [2.24, 2.45) is 5.92 Å².